The largest absolute Gasteiger partial charge is 0.416 e. The smallest absolute Gasteiger partial charge is 0.339 e. The Balaban J connectivity index is 1.75. The van der Waals surface area contributed by atoms with Crippen molar-refractivity contribution < 1.29 is 18.0 Å². The van der Waals surface area contributed by atoms with Gasteiger partial charge in [0, 0.05) is 22.8 Å². The number of Topliss-reactive ketones (excluding diaryl/α,β-unsaturated/α-hetero) is 1. The Morgan fingerprint density at radius 1 is 0.969 bits per heavy atom. The van der Waals surface area contributed by atoms with Gasteiger partial charge in [0.1, 0.15) is 5.82 Å². The molecule has 0 radical (unpaired) electrons. The predicted octanol–water partition coefficient (Wildman–Crippen LogP) is 6.79. The second kappa shape index (κ2) is 8.09. The molecule has 5 nitrogen and oxygen atoms in total. The van der Waals surface area contributed by atoms with Crippen molar-refractivity contribution in [1.82, 2.24) is 9.97 Å². The van der Waals surface area contributed by atoms with E-state index in [-0.39, 0.29) is 22.8 Å². The molecule has 0 spiro atoms. The van der Waals surface area contributed by atoms with Crippen LogP contribution in [0.2, 0.25) is 5.02 Å². The summed E-state index contributed by atoms with van der Waals surface area (Å²) in [7, 11) is 0. The first-order chi connectivity index (χ1) is 15.0. The van der Waals surface area contributed by atoms with Crippen molar-refractivity contribution in [2.75, 3.05) is 10.6 Å². The number of alkyl halides is 3. The van der Waals surface area contributed by atoms with Gasteiger partial charge in [-0.3, -0.25) is 4.79 Å². The molecule has 3 aromatic rings. The molecule has 0 fully saturated rings. The molecular weight excluding hydrogens is 441 g/mol. The van der Waals surface area contributed by atoms with Gasteiger partial charge in [-0.2, -0.15) is 18.2 Å². The van der Waals surface area contributed by atoms with E-state index in [1.54, 1.807) is 24.3 Å². The number of carbonyl (C=O) groups is 1. The number of halogens is 4. The lowest BCUT2D eigenvalue weighted by Crippen LogP contribution is -2.29. The average molecular weight is 461 g/mol. The van der Waals surface area contributed by atoms with E-state index in [4.69, 9.17) is 11.6 Å². The van der Waals surface area contributed by atoms with Crippen molar-refractivity contribution in [2.24, 2.45) is 5.41 Å². The molecule has 166 valence electrons. The molecule has 0 unspecified atom stereocenters. The molecule has 0 aliphatic heterocycles. The van der Waals surface area contributed by atoms with Gasteiger partial charge in [-0.05, 0) is 54.3 Å². The Kier molecular flexibility index (Phi) is 5.58. The first-order valence-electron chi connectivity index (χ1n) is 9.91. The molecular formula is C23H20ClF3N4O. The van der Waals surface area contributed by atoms with E-state index in [1.807, 2.05) is 13.8 Å². The molecule has 2 aromatic carbocycles. The van der Waals surface area contributed by atoms with Crippen LogP contribution in [0, 0.1) is 5.41 Å². The summed E-state index contributed by atoms with van der Waals surface area (Å²) >= 11 is 5.95. The number of carbonyl (C=O) groups excluding carboxylic acids is 1. The summed E-state index contributed by atoms with van der Waals surface area (Å²) in [4.78, 5) is 21.8. The number of hydrogen-bond acceptors (Lipinski definition) is 5. The standard InChI is InChI=1S/C23H20ClF3N4O/c1-22(2)11-17-19(18(32)12-22)20(28-15-8-6-14(24)7-9-15)31-21(30-17)29-16-5-3-4-13(10-16)23(25,26)27/h3-10H,11-12H2,1-2H3,(H2,28,29,30,31). The van der Waals surface area contributed by atoms with Crippen molar-refractivity contribution in [3.63, 3.8) is 0 Å². The van der Waals surface area contributed by atoms with Crippen molar-refractivity contribution in [1.29, 1.82) is 0 Å². The first-order valence-corrected chi connectivity index (χ1v) is 10.3. The van der Waals surface area contributed by atoms with Gasteiger partial charge in [0.15, 0.2) is 5.78 Å². The number of aromatic nitrogens is 2. The number of fused-ring (bicyclic) bond motifs is 1. The van der Waals surface area contributed by atoms with Gasteiger partial charge in [0.05, 0.1) is 16.8 Å². The number of nitrogens with zero attached hydrogens (tertiary/aromatic N) is 2. The molecule has 1 aliphatic rings. The molecule has 1 aliphatic carbocycles. The highest BCUT2D eigenvalue weighted by Gasteiger charge is 2.35. The normalized spacial score (nSPS) is 15.2. The van der Waals surface area contributed by atoms with Crippen LogP contribution in [0.25, 0.3) is 0 Å². The van der Waals surface area contributed by atoms with Gasteiger partial charge in [-0.1, -0.05) is 31.5 Å². The maximum atomic E-state index is 13.1. The Bertz CT molecular complexity index is 1180. The third kappa shape index (κ3) is 4.85. The van der Waals surface area contributed by atoms with Crippen LogP contribution in [0.15, 0.2) is 48.5 Å². The summed E-state index contributed by atoms with van der Waals surface area (Å²) < 4.78 is 39.2. The highest BCUT2D eigenvalue weighted by atomic mass is 35.5. The van der Waals surface area contributed by atoms with Crippen molar-refractivity contribution in [2.45, 2.75) is 32.9 Å². The fourth-order valence-electron chi connectivity index (χ4n) is 3.69. The number of hydrogen-bond donors (Lipinski definition) is 2. The maximum Gasteiger partial charge on any atom is 0.416 e. The Hall–Kier alpha value is -3.13. The molecule has 0 saturated heterocycles. The van der Waals surface area contributed by atoms with Gasteiger partial charge in [-0.25, -0.2) is 4.98 Å². The summed E-state index contributed by atoms with van der Waals surface area (Å²) in [5.41, 5.74) is 0.734. The highest BCUT2D eigenvalue weighted by molar-refractivity contribution is 6.30. The quantitative estimate of drug-likeness (QED) is 0.448. The molecule has 1 aromatic heterocycles. The third-order valence-electron chi connectivity index (χ3n) is 5.10. The molecule has 4 rings (SSSR count). The summed E-state index contributed by atoms with van der Waals surface area (Å²) in [6.07, 6.45) is -3.59. The van der Waals surface area contributed by atoms with Crippen molar-refractivity contribution in [3.8, 4) is 0 Å². The van der Waals surface area contributed by atoms with E-state index in [1.165, 1.54) is 12.1 Å². The number of ketones is 1. The van der Waals surface area contributed by atoms with Crippen molar-refractivity contribution >= 4 is 40.5 Å². The minimum Gasteiger partial charge on any atom is -0.339 e. The van der Waals surface area contributed by atoms with Gasteiger partial charge < -0.3 is 10.6 Å². The lowest BCUT2D eigenvalue weighted by atomic mass is 9.75. The minimum atomic E-state index is -4.47. The number of anilines is 4. The predicted molar refractivity (Wildman–Crippen MR) is 118 cm³/mol. The number of nitrogens with one attached hydrogen (secondary N) is 2. The van der Waals surface area contributed by atoms with Crippen LogP contribution in [0.1, 0.15) is 41.9 Å². The van der Waals surface area contributed by atoms with Gasteiger partial charge in [-0.15, -0.1) is 0 Å². The van der Waals surface area contributed by atoms with Crippen LogP contribution in [-0.2, 0) is 12.6 Å². The first kappa shape index (κ1) is 22.1. The highest BCUT2D eigenvalue weighted by Crippen LogP contribution is 2.38. The Morgan fingerprint density at radius 3 is 2.38 bits per heavy atom. The number of rotatable bonds is 4. The topological polar surface area (TPSA) is 66.9 Å². The average Bonchev–Trinajstić information content (AvgIpc) is 2.68. The van der Waals surface area contributed by atoms with Crippen LogP contribution in [0.5, 0.6) is 0 Å². The van der Waals surface area contributed by atoms with Crippen LogP contribution in [0.4, 0.5) is 36.3 Å². The molecule has 1 heterocycles. The summed E-state index contributed by atoms with van der Waals surface area (Å²) in [6, 6.07) is 11.7. The zero-order valence-electron chi connectivity index (χ0n) is 17.3. The summed E-state index contributed by atoms with van der Waals surface area (Å²) in [5.74, 6) is 0.315. The van der Waals surface area contributed by atoms with E-state index < -0.39 is 11.7 Å². The monoisotopic (exact) mass is 460 g/mol. The molecule has 32 heavy (non-hydrogen) atoms. The summed E-state index contributed by atoms with van der Waals surface area (Å²) in [5, 5.41) is 6.54. The van der Waals surface area contributed by atoms with Crippen LogP contribution < -0.4 is 10.6 Å². The molecule has 0 amide bonds. The fraction of sp³-hybridized carbons (Fsp3) is 0.261. The molecule has 9 heteroatoms. The zero-order valence-corrected chi connectivity index (χ0v) is 18.1. The summed E-state index contributed by atoms with van der Waals surface area (Å²) in [6.45, 7) is 3.95. The zero-order chi connectivity index (χ0) is 23.1. The third-order valence-corrected chi connectivity index (χ3v) is 5.35. The van der Waals surface area contributed by atoms with Gasteiger partial charge in [0.2, 0.25) is 5.95 Å². The number of benzene rings is 2. The molecule has 0 saturated carbocycles. The molecule has 0 atom stereocenters. The lowest BCUT2D eigenvalue weighted by Gasteiger charge is -2.30. The Labute approximate surface area is 188 Å². The van der Waals surface area contributed by atoms with E-state index in [0.29, 0.717) is 40.6 Å². The van der Waals surface area contributed by atoms with Gasteiger partial charge >= 0.3 is 6.18 Å². The minimum absolute atomic E-state index is 0.0849. The fourth-order valence-corrected chi connectivity index (χ4v) is 3.81. The van der Waals surface area contributed by atoms with Crippen LogP contribution in [-0.4, -0.2) is 15.8 Å². The van der Waals surface area contributed by atoms with E-state index in [9.17, 15) is 18.0 Å². The second-order valence-corrected chi connectivity index (χ2v) is 8.93. The van der Waals surface area contributed by atoms with Gasteiger partial charge in [0.25, 0.3) is 0 Å². The van der Waals surface area contributed by atoms with Crippen LogP contribution in [0.3, 0.4) is 0 Å². The van der Waals surface area contributed by atoms with E-state index in [2.05, 4.69) is 20.6 Å². The van der Waals surface area contributed by atoms with E-state index in [0.717, 1.165) is 12.1 Å². The van der Waals surface area contributed by atoms with Crippen molar-refractivity contribution in [3.05, 3.63) is 70.4 Å². The molecule has 2 N–H and O–H groups in total. The maximum absolute atomic E-state index is 13.1. The Morgan fingerprint density at radius 2 is 1.69 bits per heavy atom. The SMILES string of the molecule is CC1(C)CC(=O)c2c(nc(Nc3cccc(C(F)(F)F)c3)nc2Nc2ccc(Cl)cc2)C1. The van der Waals surface area contributed by atoms with Crippen LogP contribution >= 0.6 is 11.6 Å². The van der Waals surface area contributed by atoms with E-state index >= 15 is 0 Å². The second-order valence-electron chi connectivity index (χ2n) is 8.49. The lowest BCUT2D eigenvalue weighted by molar-refractivity contribution is -0.137. The molecule has 0 bridgehead atoms.